The average molecular weight is 416 g/mol. The number of aliphatic carboxylic acids is 1. The van der Waals surface area contributed by atoms with Crippen molar-refractivity contribution in [2.45, 2.75) is 41.1 Å². The lowest BCUT2D eigenvalue weighted by molar-refractivity contribution is -0.137. The van der Waals surface area contributed by atoms with Crippen molar-refractivity contribution in [3.05, 3.63) is 48.0 Å². The van der Waals surface area contributed by atoms with Crippen LogP contribution < -0.4 is 4.90 Å². The normalized spacial score (nSPS) is 24.8. The van der Waals surface area contributed by atoms with Crippen molar-refractivity contribution in [3.63, 3.8) is 0 Å². The van der Waals surface area contributed by atoms with Crippen LogP contribution in [-0.4, -0.2) is 38.5 Å². The fraction of sp³-hybridized carbons (Fsp3) is 0.368. The van der Waals surface area contributed by atoms with E-state index in [4.69, 9.17) is 0 Å². The van der Waals surface area contributed by atoms with Gasteiger partial charge in [0.25, 0.3) is 0 Å². The van der Waals surface area contributed by atoms with Gasteiger partial charge in [0, 0.05) is 13.0 Å². The van der Waals surface area contributed by atoms with Crippen LogP contribution >= 0.6 is 11.3 Å². The number of hydrogen-bond acceptors (Lipinski definition) is 5. The lowest BCUT2D eigenvalue weighted by Crippen LogP contribution is -2.34. The van der Waals surface area contributed by atoms with E-state index >= 15 is 0 Å². The van der Waals surface area contributed by atoms with Crippen molar-refractivity contribution in [1.29, 1.82) is 0 Å². The second-order valence-corrected chi connectivity index (χ2v) is 10.4. The summed E-state index contributed by atoms with van der Waals surface area (Å²) in [6, 6.07) is 12.2. The van der Waals surface area contributed by atoms with Crippen molar-refractivity contribution < 1.29 is 23.1 Å². The van der Waals surface area contributed by atoms with E-state index in [1.807, 2.05) is 30.3 Å². The molecule has 4 rings (SSSR count). The van der Waals surface area contributed by atoms with Crippen LogP contribution in [0.25, 0.3) is 0 Å². The van der Waals surface area contributed by atoms with Crippen LogP contribution in [0, 0.1) is 0 Å². The third-order valence-corrected chi connectivity index (χ3v) is 8.68. The number of thiophene rings is 1. The van der Waals surface area contributed by atoms with Gasteiger partial charge in [0.2, 0.25) is 5.91 Å². The Kier molecular flexibility index (Phi) is 4.83. The van der Waals surface area contributed by atoms with Gasteiger partial charge in [0.05, 0.1) is 10.3 Å². The first kappa shape index (κ1) is 19.2. The molecule has 1 aliphatic heterocycles. The quantitative estimate of drug-likeness (QED) is 0.731. The Balaban J connectivity index is 1.57. The Morgan fingerprint density at radius 1 is 1.18 bits per heavy atom. The van der Waals surface area contributed by atoms with E-state index in [9.17, 15) is 23.1 Å². The van der Waals surface area contributed by atoms with Crippen molar-refractivity contribution in [1.82, 2.24) is 0 Å². The third kappa shape index (κ3) is 3.37. The predicted molar refractivity (Wildman–Crippen MR) is 108 cm³/mol. The molecule has 6 nitrogen and oxygen atoms in total. The van der Waals surface area contributed by atoms with Gasteiger partial charge in [0.15, 0.2) is 0 Å². The molecule has 0 unspecified atom stereocenters. The minimum Gasteiger partial charge on any atom is -0.481 e. The molecular weight excluding hydrogens is 397 g/mol. The van der Waals surface area contributed by atoms with Gasteiger partial charge >= 0.3 is 12.5 Å². The topological polar surface area (TPSA) is 91.8 Å². The zero-order valence-electron chi connectivity index (χ0n) is 15.1. The van der Waals surface area contributed by atoms with E-state index in [1.54, 1.807) is 11.0 Å². The van der Waals surface area contributed by atoms with Crippen LogP contribution in [0.15, 0.2) is 46.7 Å². The SMILES string of the molecule is O=C1CCCCN1c1ccc(S(=O)(=O)[B][C@@]2(C(=O)O)C[C@@H]2c2ccccc2)s1. The largest absolute Gasteiger partial charge is 0.481 e. The van der Waals surface area contributed by atoms with E-state index < -0.39 is 21.0 Å². The van der Waals surface area contributed by atoms with Crippen LogP contribution in [-0.2, 0) is 19.3 Å². The van der Waals surface area contributed by atoms with E-state index in [1.165, 1.54) is 6.07 Å². The molecule has 9 heteroatoms. The number of carboxylic acid groups (broad SMARTS) is 1. The van der Waals surface area contributed by atoms with Gasteiger partial charge in [0.1, 0.15) is 13.9 Å². The molecule has 1 saturated heterocycles. The minimum absolute atomic E-state index is 0.00521. The van der Waals surface area contributed by atoms with Gasteiger partial charge in [-0.1, -0.05) is 30.3 Å². The van der Waals surface area contributed by atoms with Crippen LogP contribution in [0.4, 0.5) is 5.00 Å². The number of carboxylic acids is 1. The van der Waals surface area contributed by atoms with Crippen molar-refractivity contribution in [2.24, 2.45) is 0 Å². The molecule has 2 heterocycles. The molecule has 2 fully saturated rings. The number of carbonyl (C=O) groups excluding carboxylic acids is 1. The highest BCUT2D eigenvalue weighted by molar-refractivity contribution is 8.16. The monoisotopic (exact) mass is 416 g/mol. The van der Waals surface area contributed by atoms with E-state index in [0.717, 1.165) is 36.3 Å². The molecule has 145 valence electrons. The molecule has 28 heavy (non-hydrogen) atoms. The summed E-state index contributed by atoms with van der Waals surface area (Å²) >= 11 is 1.02. The Hall–Kier alpha value is -2.13. The summed E-state index contributed by atoms with van der Waals surface area (Å²) in [6.45, 7) is 1.57. The van der Waals surface area contributed by atoms with Crippen molar-refractivity contribution in [3.8, 4) is 0 Å². The number of nitrogens with zero attached hydrogens (tertiary/aromatic N) is 1. The summed E-state index contributed by atoms with van der Waals surface area (Å²) in [5, 5.41) is 8.93. The van der Waals surface area contributed by atoms with E-state index in [0.29, 0.717) is 18.0 Å². The van der Waals surface area contributed by atoms with Crippen molar-refractivity contribution in [2.75, 3.05) is 11.4 Å². The minimum atomic E-state index is -3.90. The first-order valence-corrected chi connectivity index (χ1v) is 11.5. The standard InChI is InChI=1S/C19H19BNO5S2/c22-15-8-4-5-11-21(15)16-9-10-17(27-16)28(25,26)20-19(18(23)24)12-14(19)13-6-2-1-3-7-13/h1-3,6-7,9-10,14H,4-5,8,11-12H2,(H,23,24)/t14-,19+/m1/s1. The highest BCUT2D eigenvalue weighted by Gasteiger charge is 2.64. The predicted octanol–water partition coefficient (Wildman–Crippen LogP) is 3.09. The Labute approximate surface area is 168 Å². The second kappa shape index (κ2) is 7.04. The molecule has 2 atom stereocenters. The first-order valence-electron chi connectivity index (χ1n) is 9.13. The summed E-state index contributed by atoms with van der Waals surface area (Å²) in [4.78, 5) is 25.6. The Bertz CT molecular complexity index is 1020. The van der Waals surface area contributed by atoms with Gasteiger partial charge in [-0.15, -0.1) is 11.3 Å². The number of amides is 1. The van der Waals surface area contributed by atoms with Gasteiger partial charge in [-0.25, -0.2) is 8.42 Å². The lowest BCUT2D eigenvalue weighted by Gasteiger charge is -2.25. The first-order chi connectivity index (χ1) is 13.3. The summed E-state index contributed by atoms with van der Waals surface area (Å²) in [7, 11) is -3.90. The van der Waals surface area contributed by atoms with Gasteiger partial charge in [-0.3, -0.25) is 9.59 Å². The molecular formula is C19H19BNO5S2. The number of piperidine rings is 1. The highest BCUT2D eigenvalue weighted by Crippen LogP contribution is 2.66. The summed E-state index contributed by atoms with van der Waals surface area (Å²) in [5.41, 5.74) is 0.821. The fourth-order valence-electron chi connectivity index (χ4n) is 3.78. The third-order valence-electron chi connectivity index (χ3n) is 5.41. The maximum absolute atomic E-state index is 12.9. The fourth-order valence-corrected chi connectivity index (χ4v) is 6.71. The zero-order valence-corrected chi connectivity index (χ0v) is 16.7. The molecule has 1 aromatic heterocycles. The molecule has 1 aliphatic carbocycles. The van der Waals surface area contributed by atoms with Crippen LogP contribution in [0.1, 0.15) is 37.2 Å². The molecule has 1 aromatic carbocycles. The Morgan fingerprint density at radius 3 is 2.61 bits per heavy atom. The second-order valence-electron chi connectivity index (χ2n) is 7.27. The summed E-state index contributed by atoms with van der Waals surface area (Å²) in [6.07, 6.45) is 2.46. The summed E-state index contributed by atoms with van der Waals surface area (Å²) < 4.78 is 25.9. The molecule has 0 bridgehead atoms. The molecule has 1 radical (unpaired) electrons. The number of benzene rings is 1. The molecule has 2 aromatic rings. The zero-order chi connectivity index (χ0) is 19.9. The van der Waals surface area contributed by atoms with Crippen LogP contribution in [0.2, 0.25) is 5.31 Å². The molecule has 1 N–H and O–H groups in total. The number of hydrogen-bond donors (Lipinski definition) is 1. The smallest absolute Gasteiger partial charge is 0.306 e. The summed E-state index contributed by atoms with van der Waals surface area (Å²) in [5.74, 6) is -1.49. The van der Waals surface area contributed by atoms with Crippen molar-refractivity contribution >= 4 is 44.5 Å². The van der Waals surface area contributed by atoms with Crippen LogP contribution in [0.5, 0.6) is 0 Å². The van der Waals surface area contributed by atoms with E-state index in [-0.39, 0.29) is 22.5 Å². The highest BCUT2D eigenvalue weighted by atomic mass is 32.2. The maximum Gasteiger partial charge on any atom is 0.306 e. The van der Waals surface area contributed by atoms with Crippen LogP contribution in [0.3, 0.4) is 0 Å². The number of rotatable bonds is 6. The van der Waals surface area contributed by atoms with Gasteiger partial charge in [-0.05, 0) is 42.9 Å². The lowest BCUT2D eigenvalue weighted by atomic mass is 9.78. The maximum atomic E-state index is 12.9. The number of anilines is 1. The number of carbonyl (C=O) groups is 2. The average Bonchev–Trinajstić information content (AvgIpc) is 3.17. The molecule has 2 aliphatic rings. The molecule has 1 amide bonds. The Morgan fingerprint density at radius 2 is 1.93 bits per heavy atom. The van der Waals surface area contributed by atoms with E-state index in [2.05, 4.69) is 0 Å². The molecule has 1 saturated carbocycles. The van der Waals surface area contributed by atoms with Gasteiger partial charge < -0.3 is 10.0 Å². The van der Waals surface area contributed by atoms with Gasteiger partial charge in [-0.2, -0.15) is 0 Å². The molecule has 0 spiro atoms.